The minimum Gasteiger partial charge on any atom is -0.454 e. The van der Waals surface area contributed by atoms with Crippen molar-refractivity contribution in [2.45, 2.75) is 25.4 Å². The van der Waals surface area contributed by atoms with Crippen molar-refractivity contribution < 1.29 is 14.3 Å². The molecular weight excluding hydrogens is 476 g/mol. The number of piperidine rings is 1. The van der Waals surface area contributed by atoms with Gasteiger partial charge in [-0.15, -0.1) is 0 Å². The number of aromatic nitrogens is 2. The van der Waals surface area contributed by atoms with Crippen molar-refractivity contribution in [3.63, 3.8) is 0 Å². The van der Waals surface area contributed by atoms with E-state index in [0.717, 1.165) is 66.4 Å². The predicted molar refractivity (Wildman–Crippen MR) is 144 cm³/mol. The predicted octanol–water partition coefficient (Wildman–Crippen LogP) is 4.99. The van der Waals surface area contributed by atoms with E-state index in [1.807, 2.05) is 24.3 Å². The Balaban J connectivity index is 1.11. The average Bonchev–Trinajstić information content (AvgIpc) is 3.45. The summed E-state index contributed by atoms with van der Waals surface area (Å²) >= 11 is 0. The highest BCUT2D eigenvalue weighted by molar-refractivity contribution is 5.79. The molecule has 38 heavy (non-hydrogen) atoms. The Labute approximate surface area is 222 Å². The van der Waals surface area contributed by atoms with Crippen LogP contribution < -0.4 is 14.8 Å². The molecule has 7 heteroatoms. The second-order valence-corrected chi connectivity index (χ2v) is 9.80. The second-order valence-electron chi connectivity index (χ2n) is 9.80. The molecule has 1 aromatic heterocycles. The first kappa shape index (κ1) is 24.1. The summed E-state index contributed by atoms with van der Waals surface area (Å²) in [6.45, 7) is 2.86. The lowest BCUT2D eigenvalue weighted by atomic mass is 9.94. The summed E-state index contributed by atoms with van der Waals surface area (Å²) < 4.78 is 10.9. The molecule has 0 saturated carbocycles. The molecule has 1 amide bonds. The number of nitrogens with one attached hydrogen (secondary N) is 1. The number of carbonyl (C=O) groups is 1. The molecular formula is C31H30N4O3. The van der Waals surface area contributed by atoms with Crippen LogP contribution in [0.4, 0.5) is 0 Å². The van der Waals surface area contributed by atoms with Crippen LogP contribution in [0.25, 0.3) is 11.1 Å². The van der Waals surface area contributed by atoms with Crippen LogP contribution in [0.3, 0.4) is 0 Å². The Kier molecular flexibility index (Phi) is 7.00. The SMILES string of the molecule is O=C(NC(c1ccc(-c2ccccc2)cc1)c1cnccn1)C1CCN(Cc2ccc3c(c2)OCO3)CC1. The Bertz CT molecular complexity index is 1370. The van der Waals surface area contributed by atoms with Gasteiger partial charge in [0.25, 0.3) is 0 Å². The zero-order valence-electron chi connectivity index (χ0n) is 21.1. The lowest BCUT2D eigenvalue weighted by molar-refractivity contribution is -0.127. The third-order valence-corrected chi connectivity index (χ3v) is 7.32. The summed E-state index contributed by atoms with van der Waals surface area (Å²) in [5.41, 5.74) is 5.20. The summed E-state index contributed by atoms with van der Waals surface area (Å²) in [7, 11) is 0. The van der Waals surface area contributed by atoms with Gasteiger partial charge in [0.15, 0.2) is 11.5 Å². The van der Waals surface area contributed by atoms with Gasteiger partial charge in [0.2, 0.25) is 12.7 Å². The van der Waals surface area contributed by atoms with Gasteiger partial charge in [-0.3, -0.25) is 19.7 Å². The molecule has 1 N–H and O–H groups in total. The molecule has 7 nitrogen and oxygen atoms in total. The van der Waals surface area contributed by atoms with Crippen LogP contribution in [0.15, 0.2) is 91.4 Å². The third kappa shape index (κ3) is 5.38. The number of fused-ring (bicyclic) bond motifs is 1. The van der Waals surface area contributed by atoms with E-state index in [-0.39, 0.29) is 24.7 Å². The van der Waals surface area contributed by atoms with Gasteiger partial charge < -0.3 is 14.8 Å². The van der Waals surface area contributed by atoms with Crippen LogP contribution in [-0.4, -0.2) is 40.7 Å². The number of nitrogens with zero attached hydrogens (tertiary/aromatic N) is 3. The van der Waals surface area contributed by atoms with Gasteiger partial charge in [-0.1, -0.05) is 60.7 Å². The molecule has 2 aliphatic heterocycles. The molecule has 0 radical (unpaired) electrons. The summed E-state index contributed by atoms with van der Waals surface area (Å²) in [5, 5.41) is 3.28. The van der Waals surface area contributed by atoms with E-state index in [0.29, 0.717) is 0 Å². The van der Waals surface area contributed by atoms with E-state index in [2.05, 4.69) is 68.7 Å². The maximum Gasteiger partial charge on any atom is 0.231 e. The van der Waals surface area contributed by atoms with Gasteiger partial charge in [-0.2, -0.15) is 0 Å². The van der Waals surface area contributed by atoms with Gasteiger partial charge in [0, 0.05) is 24.9 Å². The monoisotopic (exact) mass is 506 g/mol. The van der Waals surface area contributed by atoms with Gasteiger partial charge >= 0.3 is 0 Å². The Morgan fingerprint density at radius 2 is 1.68 bits per heavy atom. The number of rotatable bonds is 7. The van der Waals surface area contributed by atoms with Gasteiger partial charge in [0.05, 0.1) is 17.9 Å². The highest BCUT2D eigenvalue weighted by Crippen LogP contribution is 2.33. The first-order chi connectivity index (χ1) is 18.7. The Hall–Kier alpha value is -4.23. The largest absolute Gasteiger partial charge is 0.454 e. The first-order valence-corrected chi connectivity index (χ1v) is 13.1. The van der Waals surface area contributed by atoms with Crippen molar-refractivity contribution in [3.8, 4) is 22.6 Å². The van der Waals surface area contributed by atoms with Crippen LogP contribution >= 0.6 is 0 Å². The van der Waals surface area contributed by atoms with E-state index in [1.165, 1.54) is 5.56 Å². The van der Waals surface area contributed by atoms with Crippen molar-refractivity contribution in [2.24, 2.45) is 5.92 Å². The van der Waals surface area contributed by atoms with Crippen molar-refractivity contribution in [3.05, 3.63) is 108 Å². The molecule has 1 fully saturated rings. The third-order valence-electron chi connectivity index (χ3n) is 7.32. The molecule has 0 aliphatic carbocycles. The van der Waals surface area contributed by atoms with Crippen LogP contribution in [0.5, 0.6) is 11.5 Å². The Morgan fingerprint density at radius 1 is 0.921 bits per heavy atom. The number of likely N-dealkylation sites (tertiary alicyclic amines) is 1. The summed E-state index contributed by atoms with van der Waals surface area (Å²) in [5.74, 6) is 1.64. The van der Waals surface area contributed by atoms with Crippen molar-refractivity contribution >= 4 is 5.91 Å². The van der Waals surface area contributed by atoms with Crippen molar-refractivity contribution in [1.82, 2.24) is 20.2 Å². The Morgan fingerprint density at radius 3 is 2.45 bits per heavy atom. The first-order valence-electron chi connectivity index (χ1n) is 13.1. The lowest BCUT2D eigenvalue weighted by Gasteiger charge is -2.32. The molecule has 0 bridgehead atoms. The molecule has 0 spiro atoms. The maximum atomic E-state index is 13.4. The van der Waals surface area contributed by atoms with E-state index in [9.17, 15) is 4.79 Å². The van der Waals surface area contributed by atoms with Gasteiger partial charge in [-0.25, -0.2) is 0 Å². The zero-order valence-corrected chi connectivity index (χ0v) is 21.1. The van der Waals surface area contributed by atoms with E-state index < -0.39 is 0 Å². The highest BCUT2D eigenvalue weighted by Gasteiger charge is 2.28. The quantitative estimate of drug-likeness (QED) is 0.381. The standard InChI is InChI=1S/C31H30N4O3/c36-31(26-12-16-35(17-13-26)20-22-6-11-28-29(18-22)38-21-37-28)34-30(27-19-32-14-15-33-27)25-9-7-24(8-10-25)23-4-2-1-3-5-23/h1-11,14-15,18-19,26,30H,12-13,16-17,20-21H2,(H,34,36). The molecule has 4 aromatic rings. The number of hydrogen-bond donors (Lipinski definition) is 1. The summed E-state index contributed by atoms with van der Waals surface area (Å²) in [6, 6.07) is 24.3. The van der Waals surface area contributed by atoms with Gasteiger partial charge in [-0.05, 0) is 60.3 Å². The van der Waals surface area contributed by atoms with Crippen molar-refractivity contribution in [2.75, 3.05) is 19.9 Å². The molecule has 1 unspecified atom stereocenters. The van der Waals surface area contributed by atoms with Gasteiger partial charge in [0.1, 0.15) is 0 Å². The fourth-order valence-corrected chi connectivity index (χ4v) is 5.20. The average molecular weight is 507 g/mol. The minimum absolute atomic E-state index is 0.0363. The summed E-state index contributed by atoms with van der Waals surface area (Å²) in [4.78, 5) is 24.6. The number of hydrogen-bond acceptors (Lipinski definition) is 6. The molecule has 6 rings (SSSR count). The molecule has 192 valence electrons. The molecule has 1 saturated heterocycles. The van der Waals surface area contributed by atoms with E-state index in [4.69, 9.17) is 9.47 Å². The maximum absolute atomic E-state index is 13.4. The fraction of sp³-hybridized carbons (Fsp3) is 0.258. The molecule has 3 aromatic carbocycles. The fourth-order valence-electron chi connectivity index (χ4n) is 5.20. The topological polar surface area (TPSA) is 76.6 Å². The smallest absolute Gasteiger partial charge is 0.231 e. The number of ether oxygens (including phenoxy) is 2. The van der Waals surface area contributed by atoms with Crippen molar-refractivity contribution in [1.29, 1.82) is 0 Å². The van der Waals surface area contributed by atoms with Crippen LogP contribution in [0.2, 0.25) is 0 Å². The molecule has 1 atom stereocenters. The second kappa shape index (κ2) is 11.0. The van der Waals surface area contributed by atoms with E-state index in [1.54, 1.807) is 18.6 Å². The van der Waals surface area contributed by atoms with Crippen LogP contribution in [0.1, 0.15) is 35.7 Å². The van der Waals surface area contributed by atoms with Crippen LogP contribution in [0, 0.1) is 5.92 Å². The lowest BCUT2D eigenvalue weighted by Crippen LogP contribution is -2.41. The molecule has 2 aliphatic rings. The normalized spacial score (nSPS) is 16.2. The zero-order chi connectivity index (χ0) is 25.7. The number of amides is 1. The molecule has 3 heterocycles. The van der Waals surface area contributed by atoms with Crippen LogP contribution in [-0.2, 0) is 11.3 Å². The minimum atomic E-state index is -0.354. The number of carbonyl (C=O) groups excluding carboxylic acids is 1. The number of benzene rings is 3. The summed E-state index contributed by atoms with van der Waals surface area (Å²) in [6.07, 6.45) is 6.68. The highest BCUT2D eigenvalue weighted by atomic mass is 16.7. The van der Waals surface area contributed by atoms with E-state index >= 15 is 0 Å².